The molecule has 0 aliphatic carbocycles. The number of benzene rings is 4. The van der Waals surface area contributed by atoms with E-state index in [0.717, 1.165) is 27.0 Å². The SMILES string of the molecule is COc1cc(/C=N\N(c2ccccc2)c2ccccc2)c(Br)cc1OCc1ccc(F)cc1. The number of ether oxygens (including phenoxy) is 2. The van der Waals surface area contributed by atoms with E-state index < -0.39 is 0 Å². The molecule has 0 atom stereocenters. The zero-order valence-corrected chi connectivity index (χ0v) is 19.6. The van der Waals surface area contributed by atoms with E-state index in [4.69, 9.17) is 14.6 Å². The zero-order valence-electron chi connectivity index (χ0n) is 18.0. The minimum atomic E-state index is -0.275. The Kier molecular flexibility index (Phi) is 7.37. The van der Waals surface area contributed by atoms with Crippen molar-refractivity contribution in [3.63, 3.8) is 0 Å². The zero-order chi connectivity index (χ0) is 23.0. The highest BCUT2D eigenvalue weighted by Crippen LogP contribution is 2.34. The fourth-order valence-corrected chi connectivity index (χ4v) is 3.63. The monoisotopic (exact) mass is 504 g/mol. The van der Waals surface area contributed by atoms with Crippen molar-refractivity contribution >= 4 is 33.5 Å². The number of halogens is 2. The van der Waals surface area contributed by atoms with Gasteiger partial charge in [-0.3, -0.25) is 0 Å². The van der Waals surface area contributed by atoms with Crippen LogP contribution in [-0.4, -0.2) is 13.3 Å². The van der Waals surface area contributed by atoms with Crippen LogP contribution >= 0.6 is 15.9 Å². The highest BCUT2D eigenvalue weighted by molar-refractivity contribution is 9.10. The van der Waals surface area contributed by atoms with Crippen molar-refractivity contribution in [2.24, 2.45) is 5.10 Å². The van der Waals surface area contributed by atoms with E-state index in [1.54, 1.807) is 25.5 Å². The molecule has 4 aromatic carbocycles. The van der Waals surface area contributed by atoms with E-state index in [2.05, 4.69) is 15.9 Å². The maximum Gasteiger partial charge on any atom is 0.162 e. The molecule has 0 bridgehead atoms. The number of hydrazone groups is 1. The molecule has 0 amide bonds. The van der Waals surface area contributed by atoms with Gasteiger partial charge >= 0.3 is 0 Å². The van der Waals surface area contributed by atoms with Crippen LogP contribution in [0.15, 0.2) is 107 Å². The minimum absolute atomic E-state index is 0.275. The second-order valence-corrected chi connectivity index (χ2v) is 8.02. The van der Waals surface area contributed by atoms with Crippen molar-refractivity contribution in [2.45, 2.75) is 6.61 Å². The molecule has 4 aromatic rings. The predicted octanol–water partition coefficient (Wildman–Crippen LogP) is 7.35. The van der Waals surface area contributed by atoms with Gasteiger partial charge in [0.15, 0.2) is 11.5 Å². The first-order valence-corrected chi connectivity index (χ1v) is 11.1. The lowest BCUT2D eigenvalue weighted by molar-refractivity contribution is 0.284. The first-order chi connectivity index (χ1) is 16.1. The van der Waals surface area contributed by atoms with Crippen LogP contribution in [0.3, 0.4) is 0 Å². The van der Waals surface area contributed by atoms with Crippen LogP contribution in [0.5, 0.6) is 11.5 Å². The summed E-state index contributed by atoms with van der Waals surface area (Å²) in [6.45, 7) is 0.298. The number of rotatable bonds is 8. The summed E-state index contributed by atoms with van der Waals surface area (Å²) in [6, 6.07) is 29.8. The average molecular weight is 505 g/mol. The van der Waals surface area contributed by atoms with Crippen molar-refractivity contribution in [3.05, 3.63) is 118 Å². The Morgan fingerprint density at radius 2 is 1.45 bits per heavy atom. The fourth-order valence-electron chi connectivity index (χ4n) is 3.20. The van der Waals surface area contributed by atoms with Crippen molar-refractivity contribution in [3.8, 4) is 11.5 Å². The smallest absolute Gasteiger partial charge is 0.162 e. The summed E-state index contributed by atoms with van der Waals surface area (Å²) >= 11 is 3.61. The molecule has 0 aromatic heterocycles. The lowest BCUT2D eigenvalue weighted by Gasteiger charge is -2.19. The van der Waals surface area contributed by atoms with Crippen molar-refractivity contribution < 1.29 is 13.9 Å². The first-order valence-electron chi connectivity index (χ1n) is 10.3. The Balaban J connectivity index is 1.59. The molecule has 0 spiro atoms. The average Bonchev–Trinajstić information content (AvgIpc) is 2.86. The Morgan fingerprint density at radius 3 is 2.03 bits per heavy atom. The summed E-state index contributed by atoms with van der Waals surface area (Å²) < 4.78 is 25.4. The van der Waals surface area contributed by atoms with Crippen LogP contribution in [0.2, 0.25) is 0 Å². The maximum absolute atomic E-state index is 13.1. The molecule has 0 fully saturated rings. The van der Waals surface area contributed by atoms with Crippen LogP contribution in [-0.2, 0) is 6.61 Å². The van der Waals surface area contributed by atoms with Crippen LogP contribution in [0.4, 0.5) is 15.8 Å². The van der Waals surface area contributed by atoms with E-state index in [1.807, 2.05) is 77.8 Å². The minimum Gasteiger partial charge on any atom is -0.493 e. The van der Waals surface area contributed by atoms with Crippen molar-refractivity contribution in [2.75, 3.05) is 12.1 Å². The summed E-state index contributed by atoms with van der Waals surface area (Å²) in [7, 11) is 1.59. The predicted molar refractivity (Wildman–Crippen MR) is 134 cm³/mol. The fraction of sp³-hybridized carbons (Fsp3) is 0.0741. The van der Waals surface area contributed by atoms with Gasteiger partial charge in [0.05, 0.1) is 24.7 Å². The van der Waals surface area contributed by atoms with Gasteiger partial charge in [-0.25, -0.2) is 9.40 Å². The molecule has 0 heterocycles. The molecule has 0 saturated heterocycles. The van der Waals surface area contributed by atoms with Gasteiger partial charge < -0.3 is 9.47 Å². The summed E-state index contributed by atoms with van der Waals surface area (Å²) in [5.41, 5.74) is 3.59. The highest BCUT2D eigenvalue weighted by atomic mass is 79.9. The van der Waals surface area contributed by atoms with Crippen LogP contribution in [0, 0.1) is 5.82 Å². The Labute approximate surface area is 201 Å². The van der Waals surface area contributed by atoms with Gasteiger partial charge in [-0.15, -0.1) is 0 Å². The van der Waals surface area contributed by atoms with Gasteiger partial charge in [-0.05, 0) is 70.0 Å². The van der Waals surface area contributed by atoms with Gasteiger partial charge in [0.1, 0.15) is 12.4 Å². The molecule has 4 nitrogen and oxygen atoms in total. The standard InChI is InChI=1S/C27H22BrFN2O2/c1-32-26-16-21(25(28)17-27(26)33-19-20-12-14-22(29)15-13-20)18-30-31(23-8-4-2-5-9-23)24-10-6-3-7-11-24/h2-18H,19H2,1H3/b30-18-. The maximum atomic E-state index is 13.1. The summed E-state index contributed by atoms with van der Waals surface area (Å²) in [5, 5.41) is 6.62. The Morgan fingerprint density at radius 1 is 0.848 bits per heavy atom. The van der Waals surface area contributed by atoms with E-state index >= 15 is 0 Å². The van der Waals surface area contributed by atoms with E-state index in [1.165, 1.54) is 12.1 Å². The third-order valence-electron chi connectivity index (χ3n) is 4.90. The number of methoxy groups -OCH3 is 1. The molecule has 0 radical (unpaired) electrons. The molecule has 0 unspecified atom stereocenters. The van der Waals surface area contributed by atoms with Gasteiger partial charge in [-0.1, -0.05) is 48.5 Å². The number of hydrogen-bond donors (Lipinski definition) is 0. The van der Waals surface area contributed by atoms with E-state index in [9.17, 15) is 4.39 Å². The second kappa shape index (κ2) is 10.8. The van der Waals surface area contributed by atoms with Crippen LogP contribution < -0.4 is 14.5 Å². The molecular formula is C27H22BrFN2O2. The van der Waals surface area contributed by atoms with Gasteiger partial charge in [0, 0.05) is 10.0 Å². The number of hydrogen-bond acceptors (Lipinski definition) is 4. The highest BCUT2D eigenvalue weighted by Gasteiger charge is 2.12. The van der Waals surface area contributed by atoms with Gasteiger partial charge in [0.25, 0.3) is 0 Å². The lowest BCUT2D eigenvalue weighted by atomic mass is 10.2. The molecule has 0 aliphatic heterocycles. The van der Waals surface area contributed by atoms with Crippen molar-refractivity contribution in [1.82, 2.24) is 0 Å². The molecule has 33 heavy (non-hydrogen) atoms. The third-order valence-corrected chi connectivity index (χ3v) is 5.59. The summed E-state index contributed by atoms with van der Waals surface area (Å²) in [4.78, 5) is 0. The Bertz CT molecular complexity index is 1180. The lowest BCUT2D eigenvalue weighted by Crippen LogP contribution is -2.09. The molecule has 166 valence electrons. The number of nitrogens with zero attached hydrogens (tertiary/aromatic N) is 2. The first kappa shape index (κ1) is 22.6. The summed E-state index contributed by atoms with van der Waals surface area (Å²) in [6.07, 6.45) is 1.77. The van der Waals surface area contributed by atoms with Crippen LogP contribution in [0.1, 0.15) is 11.1 Å². The number of para-hydroxylation sites is 2. The molecule has 0 saturated carbocycles. The molecule has 0 N–H and O–H groups in total. The quantitative estimate of drug-likeness (QED) is 0.186. The number of anilines is 2. The van der Waals surface area contributed by atoms with E-state index in [0.29, 0.717) is 18.1 Å². The van der Waals surface area contributed by atoms with Gasteiger partial charge in [0.2, 0.25) is 0 Å². The van der Waals surface area contributed by atoms with Crippen LogP contribution in [0.25, 0.3) is 0 Å². The summed E-state index contributed by atoms with van der Waals surface area (Å²) in [5.74, 6) is 0.879. The molecule has 6 heteroatoms. The van der Waals surface area contributed by atoms with E-state index in [-0.39, 0.29) is 5.82 Å². The van der Waals surface area contributed by atoms with Gasteiger partial charge in [-0.2, -0.15) is 5.10 Å². The van der Waals surface area contributed by atoms with Crippen molar-refractivity contribution in [1.29, 1.82) is 0 Å². The molecule has 0 aliphatic rings. The third kappa shape index (κ3) is 5.79. The normalized spacial score (nSPS) is 10.9. The second-order valence-electron chi connectivity index (χ2n) is 7.17. The molecular weight excluding hydrogens is 483 g/mol. The molecule has 4 rings (SSSR count). The Hall–Kier alpha value is -3.64. The topological polar surface area (TPSA) is 34.1 Å². The largest absolute Gasteiger partial charge is 0.493 e.